The van der Waals surface area contributed by atoms with Gasteiger partial charge < -0.3 is 29.2 Å². The van der Waals surface area contributed by atoms with Crippen molar-refractivity contribution in [3.05, 3.63) is 65.7 Å². The Hall–Kier alpha value is -4.27. The fourth-order valence-corrected chi connectivity index (χ4v) is 2.51. The molecule has 0 amide bonds. The standard InChI is InChI=1S/C24H24O9/c1-16(25)33-20(14-31-23(28)11-6-17-3-8-19(26)9-4-17)15-32-24(29)12-7-18-5-10-21(27)22(13-18)30-2/h3-13,20,26-27H,14-15H2,1-2H3/b11-6+,12-7+/t20-/m0/s1. The van der Waals surface area contributed by atoms with Crippen LogP contribution in [0.4, 0.5) is 0 Å². The minimum Gasteiger partial charge on any atom is -0.508 e. The maximum absolute atomic E-state index is 12.0. The Morgan fingerprint density at radius 1 is 0.879 bits per heavy atom. The van der Waals surface area contributed by atoms with Crippen LogP contribution in [0.1, 0.15) is 18.1 Å². The van der Waals surface area contributed by atoms with Gasteiger partial charge in [0.15, 0.2) is 17.6 Å². The normalized spacial score (nSPS) is 11.8. The summed E-state index contributed by atoms with van der Waals surface area (Å²) in [6.07, 6.45) is 4.30. The number of methoxy groups -OCH3 is 1. The van der Waals surface area contributed by atoms with Gasteiger partial charge in [0.2, 0.25) is 0 Å². The van der Waals surface area contributed by atoms with E-state index in [2.05, 4.69) is 0 Å². The van der Waals surface area contributed by atoms with Gasteiger partial charge in [-0.15, -0.1) is 0 Å². The molecule has 0 saturated heterocycles. The number of phenols is 2. The average Bonchev–Trinajstić information content (AvgIpc) is 2.79. The summed E-state index contributed by atoms with van der Waals surface area (Å²) in [6, 6.07) is 10.7. The van der Waals surface area contributed by atoms with Crippen LogP contribution in [-0.2, 0) is 28.6 Å². The summed E-state index contributed by atoms with van der Waals surface area (Å²) in [5, 5.41) is 18.8. The highest BCUT2D eigenvalue weighted by atomic mass is 16.6. The van der Waals surface area contributed by atoms with Crippen molar-refractivity contribution in [1.82, 2.24) is 0 Å². The van der Waals surface area contributed by atoms with Gasteiger partial charge in [-0.2, -0.15) is 0 Å². The number of carbonyl (C=O) groups is 3. The Bertz CT molecular complexity index is 1020. The zero-order valence-electron chi connectivity index (χ0n) is 18.1. The minimum atomic E-state index is -0.986. The highest BCUT2D eigenvalue weighted by Gasteiger charge is 2.16. The molecule has 2 aromatic carbocycles. The second kappa shape index (κ2) is 12.6. The Labute approximate surface area is 190 Å². The third-order valence-electron chi connectivity index (χ3n) is 4.08. The molecule has 1 atom stereocenters. The monoisotopic (exact) mass is 456 g/mol. The largest absolute Gasteiger partial charge is 0.508 e. The maximum atomic E-state index is 12.0. The zero-order valence-corrected chi connectivity index (χ0v) is 18.1. The molecule has 174 valence electrons. The van der Waals surface area contributed by atoms with E-state index in [4.69, 9.17) is 18.9 Å². The Kier molecular flexibility index (Phi) is 9.51. The lowest BCUT2D eigenvalue weighted by atomic mass is 10.2. The molecule has 0 aliphatic carbocycles. The lowest BCUT2D eigenvalue weighted by Gasteiger charge is -2.16. The zero-order chi connectivity index (χ0) is 24.2. The van der Waals surface area contributed by atoms with E-state index in [1.807, 2.05) is 0 Å². The second-order valence-electron chi connectivity index (χ2n) is 6.68. The highest BCUT2D eigenvalue weighted by molar-refractivity contribution is 5.87. The molecule has 0 heterocycles. The van der Waals surface area contributed by atoms with E-state index in [9.17, 15) is 24.6 Å². The van der Waals surface area contributed by atoms with Gasteiger partial charge in [-0.05, 0) is 47.5 Å². The number of benzene rings is 2. The third kappa shape index (κ3) is 9.18. The summed E-state index contributed by atoms with van der Waals surface area (Å²) in [5.41, 5.74) is 1.26. The van der Waals surface area contributed by atoms with Crippen molar-refractivity contribution < 1.29 is 43.5 Å². The number of ether oxygens (including phenoxy) is 4. The van der Waals surface area contributed by atoms with Crippen LogP contribution < -0.4 is 4.74 Å². The first kappa shape index (κ1) is 25.0. The lowest BCUT2D eigenvalue weighted by Crippen LogP contribution is -2.29. The first-order valence-corrected chi connectivity index (χ1v) is 9.79. The van der Waals surface area contributed by atoms with E-state index in [0.29, 0.717) is 11.1 Å². The van der Waals surface area contributed by atoms with Crippen LogP contribution >= 0.6 is 0 Å². The molecule has 0 unspecified atom stereocenters. The maximum Gasteiger partial charge on any atom is 0.330 e. The van der Waals surface area contributed by atoms with Crippen molar-refractivity contribution in [3.63, 3.8) is 0 Å². The molecule has 0 saturated carbocycles. The number of hydrogen-bond donors (Lipinski definition) is 2. The molecule has 33 heavy (non-hydrogen) atoms. The Balaban J connectivity index is 1.86. The van der Waals surface area contributed by atoms with Crippen LogP contribution in [0.2, 0.25) is 0 Å². The Morgan fingerprint density at radius 3 is 1.97 bits per heavy atom. The van der Waals surface area contributed by atoms with Gasteiger partial charge in [-0.1, -0.05) is 18.2 Å². The molecular weight excluding hydrogens is 432 g/mol. The molecule has 2 N–H and O–H groups in total. The van der Waals surface area contributed by atoms with Gasteiger partial charge >= 0.3 is 17.9 Å². The summed E-state index contributed by atoms with van der Waals surface area (Å²) in [4.78, 5) is 35.2. The van der Waals surface area contributed by atoms with E-state index < -0.39 is 24.0 Å². The minimum absolute atomic E-state index is 0.0334. The molecule has 2 rings (SSSR count). The van der Waals surface area contributed by atoms with Crippen molar-refractivity contribution in [3.8, 4) is 17.2 Å². The van der Waals surface area contributed by atoms with E-state index >= 15 is 0 Å². The van der Waals surface area contributed by atoms with E-state index in [0.717, 1.165) is 6.08 Å². The highest BCUT2D eigenvalue weighted by Crippen LogP contribution is 2.26. The lowest BCUT2D eigenvalue weighted by molar-refractivity contribution is -0.162. The molecule has 0 radical (unpaired) electrons. The fraction of sp³-hybridized carbons (Fsp3) is 0.208. The van der Waals surface area contributed by atoms with Crippen LogP contribution in [0, 0.1) is 0 Å². The van der Waals surface area contributed by atoms with Crippen LogP contribution in [0.25, 0.3) is 12.2 Å². The third-order valence-corrected chi connectivity index (χ3v) is 4.08. The molecule has 0 aliphatic rings. The SMILES string of the molecule is COc1cc(/C=C/C(=O)OC[C@H](COC(=O)/C=C/c2ccc(O)cc2)OC(C)=O)ccc1O. The molecule has 0 fully saturated rings. The van der Waals surface area contributed by atoms with Crippen molar-refractivity contribution in [2.24, 2.45) is 0 Å². The average molecular weight is 456 g/mol. The van der Waals surface area contributed by atoms with Gasteiger partial charge in [0.25, 0.3) is 0 Å². The van der Waals surface area contributed by atoms with E-state index in [1.54, 1.807) is 18.2 Å². The number of hydrogen-bond acceptors (Lipinski definition) is 9. The first-order chi connectivity index (χ1) is 15.8. The molecular formula is C24H24O9. The van der Waals surface area contributed by atoms with Gasteiger partial charge in [0, 0.05) is 19.1 Å². The second-order valence-corrected chi connectivity index (χ2v) is 6.68. The molecule has 9 nitrogen and oxygen atoms in total. The molecule has 0 bridgehead atoms. The summed E-state index contributed by atoms with van der Waals surface area (Å²) in [5.74, 6) is -1.70. The van der Waals surface area contributed by atoms with Gasteiger partial charge in [-0.25, -0.2) is 9.59 Å². The van der Waals surface area contributed by atoms with Crippen molar-refractivity contribution in [1.29, 1.82) is 0 Å². The first-order valence-electron chi connectivity index (χ1n) is 9.79. The Morgan fingerprint density at radius 2 is 1.42 bits per heavy atom. The van der Waals surface area contributed by atoms with E-state index in [-0.39, 0.29) is 30.5 Å². The summed E-state index contributed by atoms with van der Waals surface area (Å²) in [7, 11) is 1.40. The van der Waals surface area contributed by atoms with Crippen LogP contribution in [0.5, 0.6) is 17.2 Å². The molecule has 9 heteroatoms. The topological polar surface area (TPSA) is 129 Å². The summed E-state index contributed by atoms with van der Waals surface area (Å²) >= 11 is 0. The predicted octanol–water partition coefficient (Wildman–Crippen LogP) is 2.85. The quantitative estimate of drug-likeness (QED) is 0.315. The number of esters is 3. The van der Waals surface area contributed by atoms with Crippen molar-refractivity contribution in [2.45, 2.75) is 13.0 Å². The van der Waals surface area contributed by atoms with Crippen LogP contribution in [-0.4, -0.2) is 54.5 Å². The van der Waals surface area contributed by atoms with Gasteiger partial charge in [0.05, 0.1) is 7.11 Å². The molecule has 2 aromatic rings. The summed E-state index contributed by atoms with van der Waals surface area (Å²) < 4.78 is 20.1. The smallest absolute Gasteiger partial charge is 0.330 e. The molecule has 0 aromatic heterocycles. The number of phenolic OH excluding ortho intramolecular Hbond substituents is 2. The number of rotatable bonds is 10. The van der Waals surface area contributed by atoms with Gasteiger partial charge in [0.1, 0.15) is 19.0 Å². The predicted molar refractivity (Wildman–Crippen MR) is 118 cm³/mol. The van der Waals surface area contributed by atoms with Gasteiger partial charge in [-0.3, -0.25) is 4.79 Å². The summed E-state index contributed by atoms with van der Waals surface area (Å²) in [6.45, 7) is 0.542. The van der Waals surface area contributed by atoms with Crippen LogP contribution in [0.15, 0.2) is 54.6 Å². The molecule has 0 spiro atoms. The fourth-order valence-electron chi connectivity index (χ4n) is 2.51. The number of carbonyl (C=O) groups excluding carboxylic acids is 3. The molecule has 0 aliphatic heterocycles. The number of aromatic hydroxyl groups is 2. The van der Waals surface area contributed by atoms with Crippen molar-refractivity contribution >= 4 is 30.1 Å². The van der Waals surface area contributed by atoms with Crippen molar-refractivity contribution in [2.75, 3.05) is 20.3 Å². The van der Waals surface area contributed by atoms with Crippen LogP contribution in [0.3, 0.4) is 0 Å². The van der Waals surface area contributed by atoms with E-state index in [1.165, 1.54) is 56.5 Å².